The Morgan fingerprint density at radius 2 is 1.69 bits per heavy atom. The van der Waals surface area contributed by atoms with E-state index in [0.717, 1.165) is 5.75 Å². The molecule has 1 saturated carbocycles. The Kier molecular flexibility index (Phi) is 6.16. The van der Waals surface area contributed by atoms with Gasteiger partial charge in [0.25, 0.3) is 0 Å². The van der Waals surface area contributed by atoms with Crippen molar-refractivity contribution in [1.82, 2.24) is 5.32 Å². The number of Topliss-reactive ketones (excluding diaryl/α,β-unsaturated/α-hetero) is 1. The van der Waals surface area contributed by atoms with Gasteiger partial charge in [0.2, 0.25) is 11.8 Å². The molecule has 0 aliphatic heterocycles. The van der Waals surface area contributed by atoms with Crippen molar-refractivity contribution in [3.05, 3.63) is 54.1 Å². The monoisotopic (exact) mass is 396 g/mol. The number of ketones is 1. The Bertz CT molecular complexity index is 904. The minimum Gasteiger partial charge on any atom is -0.497 e. The first kappa shape index (κ1) is 20.4. The lowest BCUT2D eigenvalue weighted by molar-refractivity contribution is -0.134. The number of ether oxygens (including phenoxy) is 2. The molecular weight excluding hydrogens is 372 g/mol. The third-order valence-electron chi connectivity index (χ3n) is 4.86. The number of hydrogen-bond donors (Lipinski definition) is 2. The molecule has 1 fully saturated rings. The van der Waals surface area contributed by atoms with E-state index in [9.17, 15) is 14.4 Å². The van der Waals surface area contributed by atoms with Crippen LogP contribution in [0.25, 0.3) is 0 Å². The average Bonchev–Trinajstić information content (AvgIpc) is 3.54. The number of benzene rings is 2. The largest absolute Gasteiger partial charge is 0.497 e. The highest BCUT2D eigenvalue weighted by Gasteiger charge is 2.56. The van der Waals surface area contributed by atoms with E-state index in [1.165, 1.54) is 6.92 Å². The highest BCUT2D eigenvalue weighted by molar-refractivity contribution is 6.13. The van der Waals surface area contributed by atoms with E-state index in [4.69, 9.17) is 9.47 Å². The van der Waals surface area contributed by atoms with Crippen molar-refractivity contribution in [2.24, 2.45) is 5.41 Å². The lowest BCUT2D eigenvalue weighted by Gasteiger charge is -2.16. The normalized spacial score (nSPS) is 13.9. The van der Waals surface area contributed by atoms with E-state index in [1.54, 1.807) is 55.6 Å². The van der Waals surface area contributed by atoms with Gasteiger partial charge in [-0.05, 0) is 56.2 Å². The molecule has 0 radical (unpaired) electrons. The van der Waals surface area contributed by atoms with Gasteiger partial charge in [0.05, 0.1) is 13.7 Å². The number of anilines is 1. The number of nitrogens with one attached hydrogen (secondary N) is 2. The number of rotatable bonds is 9. The molecule has 0 aromatic heterocycles. The van der Waals surface area contributed by atoms with Crippen LogP contribution in [0.15, 0.2) is 48.5 Å². The number of carbonyl (C=O) groups excluding carboxylic acids is 3. The highest BCUT2D eigenvalue weighted by atomic mass is 16.5. The summed E-state index contributed by atoms with van der Waals surface area (Å²) in [7, 11) is 1.59. The minimum atomic E-state index is -1.05. The van der Waals surface area contributed by atoms with Crippen LogP contribution in [-0.4, -0.2) is 37.9 Å². The first-order valence-electron chi connectivity index (χ1n) is 9.42. The molecule has 152 valence electrons. The fourth-order valence-electron chi connectivity index (χ4n) is 2.92. The molecule has 1 aliphatic rings. The molecule has 7 heteroatoms. The van der Waals surface area contributed by atoms with Gasteiger partial charge in [-0.1, -0.05) is 12.1 Å². The fourth-order valence-corrected chi connectivity index (χ4v) is 2.92. The van der Waals surface area contributed by atoms with Crippen LogP contribution in [0.3, 0.4) is 0 Å². The Morgan fingerprint density at radius 3 is 2.31 bits per heavy atom. The Morgan fingerprint density at radius 1 is 1.00 bits per heavy atom. The van der Waals surface area contributed by atoms with E-state index in [1.807, 2.05) is 0 Å². The van der Waals surface area contributed by atoms with E-state index in [0.29, 0.717) is 36.4 Å². The molecule has 0 atom stereocenters. The smallest absolute Gasteiger partial charge is 0.240 e. The van der Waals surface area contributed by atoms with Gasteiger partial charge in [-0.25, -0.2) is 0 Å². The Balaban J connectivity index is 1.48. The van der Waals surface area contributed by atoms with Crippen LogP contribution in [0.2, 0.25) is 0 Å². The molecule has 2 aromatic rings. The maximum absolute atomic E-state index is 12.6. The van der Waals surface area contributed by atoms with E-state index in [2.05, 4.69) is 10.6 Å². The van der Waals surface area contributed by atoms with E-state index >= 15 is 0 Å². The van der Waals surface area contributed by atoms with Crippen molar-refractivity contribution in [3.63, 3.8) is 0 Å². The molecule has 2 amide bonds. The summed E-state index contributed by atoms with van der Waals surface area (Å²) in [5.74, 6) is 0.658. The SMILES string of the molecule is COc1ccc(OCCNC(=O)C2(C(=O)Nc3cccc(C(C)=O)c3)CC2)cc1. The van der Waals surface area contributed by atoms with Gasteiger partial charge >= 0.3 is 0 Å². The van der Waals surface area contributed by atoms with Crippen LogP contribution in [0.4, 0.5) is 5.69 Å². The second-order valence-corrected chi connectivity index (χ2v) is 6.95. The summed E-state index contributed by atoms with van der Waals surface area (Å²) < 4.78 is 10.7. The second kappa shape index (κ2) is 8.77. The third-order valence-corrected chi connectivity index (χ3v) is 4.86. The molecule has 2 N–H and O–H groups in total. The maximum Gasteiger partial charge on any atom is 0.240 e. The minimum absolute atomic E-state index is 0.0863. The van der Waals surface area contributed by atoms with Crippen molar-refractivity contribution in [2.75, 3.05) is 25.6 Å². The Labute approximate surface area is 169 Å². The molecular formula is C22H24N2O5. The van der Waals surface area contributed by atoms with Crippen molar-refractivity contribution < 1.29 is 23.9 Å². The summed E-state index contributed by atoms with van der Waals surface area (Å²) in [5.41, 5.74) is -0.0378. The standard InChI is InChI=1S/C22H24N2O5/c1-15(25)16-4-3-5-17(14-16)24-21(27)22(10-11-22)20(26)23-12-13-29-19-8-6-18(28-2)7-9-19/h3-9,14H,10-13H2,1-2H3,(H,23,26)(H,24,27). The molecule has 0 saturated heterocycles. The Hall–Kier alpha value is -3.35. The number of amides is 2. The molecule has 2 aromatic carbocycles. The maximum atomic E-state index is 12.6. The lowest BCUT2D eigenvalue weighted by atomic mass is 10.0. The highest BCUT2D eigenvalue weighted by Crippen LogP contribution is 2.46. The summed E-state index contributed by atoms with van der Waals surface area (Å²) in [5, 5.41) is 5.52. The molecule has 3 rings (SSSR count). The zero-order valence-electron chi connectivity index (χ0n) is 16.5. The van der Waals surface area contributed by atoms with Crippen LogP contribution < -0.4 is 20.1 Å². The fraction of sp³-hybridized carbons (Fsp3) is 0.318. The first-order chi connectivity index (χ1) is 13.9. The average molecular weight is 396 g/mol. The lowest BCUT2D eigenvalue weighted by Crippen LogP contribution is -2.41. The van der Waals surface area contributed by atoms with Gasteiger partial charge in [0.15, 0.2) is 5.78 Å². The van der Waals surface area contributed by atoms with Crippen molar-refractivity contribution in [3.8, 4) is 11.5 Å². The van der Waals surface area contributed by atoms with Crippen LogP contribution in [0.5, 0.6) is 11.5 Å². The summed E-state index contributed by atoms with van der Waals surface area (Å²) in [4.78, 5) is 36.7. The molecule has 0 heterocycles. The zero-order chi connectivity index (χ0) is 20.9. The molecule has 0 unspecified atom stereocenters. The summed E-state index contributed by atoms with van der Waals surface area (Å²) in [6.07, 6.45) is 0.993. The number of carbonyl (C=O) groups is 3. The van der Waals surface area contributed by atoms with Crippen LogP contribution >= 0.6 is 0 Å². The van der Waals surface area contributed by atoms with Crippen LogP contribution in [-0.2, 0) is 9.59 Å². The molecule has 0 spiro atoms. The quantitative estimate of drug-likeness (QED) is 0.386. The van der Waals surface area contributed by atoms with Gasteiger partial charge in [-0.2, -0.15) is 0 Å². The van der Waals surface area contributed by atoms with Crippen molar-refractivity contribution >= 4 is 23.3 Å². The van der Waals surface area contributed by atoms with Gasteiger partial charge in [-0.15, -0.1) is 0 Å². The number of hydrogen-bond acceptors (Lipinski definition) is 5. The first-order valence-corrected chi connectivity index (χ1v) is 9.42. The van der Waals surface area contributed by atoms with Crippen molar-refractivity contribution in [1.29, 1.82) is 0 Å². The third kappa shape index (κ3) is 4.93. The van der Waals surface area contributed by atoms with Crippen LogP contribution in [0.1, 0.15) is 30.1 Å². The number of methoxy groups -OCH3 is 1. The van der Waals surface area contributed by atoms with Crippen LogP contribution in [0, 0.1) is 5.41 Å². The predicted octanol–water partition coefficient (Wildman–Crippen LogP) is 2.81. The topological polar surface area (TPSA) is 93.7 Å². The summed E-state index contributed by atoms with van der Waals surface area (Å²) >= 11 is 0. The summed E-state index contributed by atoms with van der Waals surface area (Å²) in [6.45, 7) is 2.04. The molecule has 1 aliphatic carbocycles. The molecule has 0 bridgehead atoms. The predicted molar refractivity (Wildman–Crippen MR) is 108 cm³/mol. The van der Waals surface area contributed by atoms with Gasteiger partial charge < -0.3 is 20.1 Å². The van der Waals surface area contributed by atoms with E-state index < -0.39 is 5.41 Å². The zero-order valence-corrected chi connectivity index (χ0v) is 16.5. The van der Waals surface area contributed by atoms with Crippen molar-refractivity contribution in [2.45, 2.75) is 19.8 Å². The van der Waals surface area contributed by atoms with E-state index in [-0.39, 0.29) is 24.2 Å². The molecule has 29 heavy (non-hydrogen) atoms. The second-order valence-electron chi connectivity index (χ2n) is 6.95. The van der Waals surface area contributed by atoms with Gasteiger partial charge in [0.1, 0.15) is 23.5 Å². The van der Waals surface area contributed by atoms with Gasteiger partial charge in [0, 0.05) is 11.3 Å². The summed E-state index contributed by atoms with van der Waals surface area (Å²) in [6, 6.07) is 13.8. The molecule has 7 nitrogen and oxygen atoms in total. The van der Waals surface area contributed by atoms with Gasteiger partial charge in [-0.3, -0.25) is 14.4 Å².